The molecule has 4 nitrogen and oxygen atoms in total. The summed E-state index contributed by atoms with van der Waals surface area (Å²) in [4.78, 5) is 16.6. The number of hydrogen-bond acceptors (Lipinski definition) is 3. The molecule has 0 aliphatic carbocycles. The van der Waals surface area contributed by atoms with Crippen LogP contribution in [0.2, 0.25) is 0 Å². The molecule has 0 aliphatic heterocycles. The summed E-state index contributed by atoms with van der Waals surface area (Å²) in [6.45, 7) is 0.505. The molecular formula is C20H15FN2O2. The smallest absolute Gasteiger partial charge is 0.340 e. The number of halogens is 1. The van der Waals surface area contributed by atoms with Crippen molar-refractivity contribution in [3.63, 3.8) is 0 Å². The molecule has 0 saturated carbocycles. The Labute approximate surface area is 143 Å². The van der Waals surface area contributed by atoms with Crippen LogP contribution in [0.1, 0.15) is 16.1 Å². The van der Waals surface area contributed by atoms with E-state index in [0.717, 1.165) is 27.5 Å². The average Bonchev–Trinajstić information content (AvgIpc) is 3.04. The van der Waals surface area contributed by atoms with Gasteiger partial charge in [-0.3, -0.25) is 4.98 Å². The van der Waals surface area contributed by atoms with Crippen molar-refractivity contribution in [2.45, 2.75) is 6.54 Å². The maximum atomic E-state index is 13.3. The number of esters is 1. The largest absolute Gasteiger partial charge is 0.465 e. The van der Waals surface area contributed by atoms with Crippen LogP contribution >= 0.6 is 0 Å². The maximum Gasteiger partial charge on any atom is 0.340 e. The summed E-state index contributed by atoms with van der Waals surface area (Å²) < 4.78 is 20.2. The molecule has 0 spiro atoms. The van der Waals surface area contributed by atoms with Gasteiger partial charge in [-0.1, -0.05) is 18.2 Å². The topological polar surface area (TPSA) is 44.1 Å². The van der Waals surface area contributed by atoms with Gasteiger partial charge in [-0.15, -0.1) is 0 Å². The molecule has 0 amide bonds. The number of methoxy groups -OCH3 is 1. The second-order valence-electron chi connectivity index (χ2n) is 5.82. The number of rotatable bonds is 3. The van der Waals surface area contributed by atoms with Crippen molar-refractivity contribution >= 4 is 27.8 Å². The summed E-state index contributed by atoms with van der Waals surface area (Å²) in [7, 11) is 1.37. The summed E-state index contributed by atoms with van der Waals surface area (Å²) in [5.74, 6) is -0.645. The third-order valence-corrected chi connectivity index (χ3v) is 4.24. The number of carbonyl (C=O) groups excluding carboxylic acids is 1. The number of fused-ring (bicyclic) bond motifs is 2. The Morgan fingerprint density at radius 2 is 2.00 bits per heavy atom. The summed E-state index contributed by atoms with van der Waals surface area (Å²) >= 11 is 0. The Balaban J connectivity index is 1.78. The quantitative estimate of drug-likeness (QED) is 0.528. The SMILES string of the molecule is COC(=O)c1cccc2ccn(Cc3ccc4cc(F)ccc4n3)c12. The molecular weight excluding hydrogens is 319 g/mol. The van der Waals surface area contributed by atoms with Crippen molar-refractivity contribution in [2.24, 2.45) is 0 Å². The van der Waals surface area contributed by atoms with Crippen LogP contribution in [0.4, 0.5) is 4.39 Å². The van der Waals surface area contributed by atoms with Crippen molar-refractivity contribution in [1.82, 2.24) is 9.55 Å². The highest BCUT2D eigenvalue weighted by Crippen LogP contribution is 2.23. The summed E-state index contributed by atoms with van der Waals surface area (Å²) in [6.07, 6.45) is 1.92. The normalized spacial score (nSPS) is 11.1. The van der Waals surface area contributed by atoms with Gasteiger partial charge in [0, 0.05) is 17.0 Å². The molecule has 0 aliphatic rings. The van der Waals surface area contributed by atoms with Gasteiger partial charge in [-0.05, 0) is 36.4 Å². The third-order valence-electron chi connectivity index (χ3n) is 4.24. The predicted octanol–water partition coefficient (Wildman–Crippen LogP) is 4.16. The molecule has 0 atom stereocenters. The zero-order valence-electron chi connectivity index (χ0n) is 13.6. The molecule has 0 N–H and O–H groups in total. The molecule has 0 unspecified atom stereocenters. The van der Waals surface area contributed by atoms with Crippen LogP contribution in [0.25, 0.3) is 21.8 Å². The first-order valence-electron chi connectivity index (χ1n) is 7.87. The van der Waals surface area contributed by atoms with E-state index in [9.17, 15) is 9.18 Å². The van der Waals surface area contributed by atoms with Crippen LogP contribution in [-0.4, -0.2) is 22.6 Å². The first-order chi connectivity index (χ1) is 12.2. The maximum absolute atomic E-state index is 13.3. The van der Waals surface area contributed by atoms with E-state index >= 15 is 0 Å². The molecule has 0 saturated heterocycles. The van der Waals surface area contributed by atoms with Gasteiger partial charge in [0.15, 0.2) is 0 Å². The molecule has 25 heavy (non-hydrogen) atoms. The van der Waals surface area contributed by atoms with Gasteiger partial charge in [0.05, 0.1) is 35.9 Å². The van der Waals surface area contributed by atoms with E-state index in [1.807, 2.05) is 41.1 Å². The number of nitrogens with zero attached hydrogens (tertiary/aromatic N) is 2. The second kappa shape index (κ2) is 6.02. The van der Waals surface area contributed by atoms with E-state index in [-0.39, 0.29) is 11.8 Å². The summed E-state index contributed by atoms with van der Waals surface area (Å²) in [6, 6.07) is 15.8. The third kappa shape index (κ3) is 2.74. The molecule has 5 heteroatoms. The molecule has 2 aromatic heterocycles. The lowest BCUT2D eigenvalue weighted by atomic mass is 10.1. The minimum absolute atomic E-state index is 0.277. The fourth-order valence-electron chi connectivity index (χ4n) is 3.07. The fraction of sp³-hybridized carbons (Fsp3) is 0.100. The van der Waals surface area contributed by atoms with Crippen molar-refractivity contribution in [3.8, 4) is 0 Å². The Kier molecular flexibility index (Phi) is 3.69. The lowest BCUT2D eigenvalue weighted by Crippen LogP contribution is -2.07. The fourth-order valence-corrected chi connectivity index (χ4v) is 3.07. The van der Waals surface area contributed by atoms with Gasteiger partial charge in [-0.25, -0.2) is 9.18 Å². The lowest BCUT2D eigenvalue weighted by Gasteiger charge is -2.09. The highest BCUT2D eigenvalue weighted by Gasteiger charge is 2.14. The summed E-state index contributed by atoms with van der Waals surface area (Å²) in [5.41, 5.74) is 2.91. The average molecular weight is 334 g/mol. The monoisotopic (exact) mass is 334 g/mol. The number of aromatic nitrogens is 2. The standard InChI is InChI=1S/C20H15FN2O2/c1-25-20(24)17-4-2-3-13-9-10-23(19(13)17)12-16-7-5-14-11-15(21)6-8-18(14)22-16/h2-11H,12H2,1H3. The van der Waals surface area contributed by atoms with Crippen LogP contribution < -0.4 is 0 Å². The van der Waals surface area contributed by atoms with E-state index < -0.39 is 0 Å². The number of para-hydroxylation sites is 1. The first-order valence-corrected chi connectivity index (χ1v) is 7.87. The molecule has 124 valence electrons. The Morgan fingerprint density at radius 1 is 1.12 bits per heavy atom. The van der Waals surface area contributed by atoms with Crippen LogP contribution in [0.15, 0.2) is 60.8 Å². The summed E-state index contributed by atoms with van der Waals surface area (Å²) in [5, 5.41) is 1.72. The molecule has 0 bridgehead atoms. The van der Waals surface area contributed by atoms with Crippen molar-refractivity contribution in [2.75, 3.05) is 7.11 Å². The minimum atomic E-state index is -0.368. The zero-order chi connectivity index (χ0) is 17.4. The minimum Gasteiger partial charge on any atom is -0.465 e. The van der Waals surface area contributed by atoms with E-state index in [2.05, 4.69) is 4.98 Å². The lowest BCUT2D eigenvalue weighted by molar-refractivity contribution is 0.0602. The van der Waals surface area contributed by atoms with Crippen LogP contribution in [0, 0.1) is 5.82 Å². The van der Waals surface area contributed by atoms with Crippen molar-refractivity contribution in [3.05, 3.63) is 77.9 Å². The Hall–Kier alpha value is -3.21. The predicted molar refractivity (Wildman–Crippen MR) is 94.1 cm³/mol. The number of carbonyl (C=O) groups is 1. The highest BCUT2D eigenvalue weighted by molar-refractivity contribution is 6.03. The van der Waals surface area contributed by atoms with E-state index in [1.54, 1.807) is 12.1 Å². The van der Waals surface area contributed by atoms with Crippen LogP contribution in [0.5, 0.6) is 0 Å². The Bertz CT molecular complexity index is 1100. The van der Waals surface area contributed by atoms with Gasteiger partial charge in [-0.2, -0.15) is 0 Å². The molecule has 2 heterocycles. The number of benzene rings is 2. The number of pyridine rings is 1. The van der Waals surface area contributed by atoms with E-state index in [1.165, 1.54) is 19.2 Å². The molecule has 4 rings (SSSR count). The molecule has 0 radical (unpaired) electrons. The highest BCUT2D eigenvalue weighted by atomic mass is 19.1. The van der Waals surface area contributed by atoms with Crippen LogP contribution in [-0.2, 0) is 11.3 Å². The van der Waals surface area contributed by atoms with Gasteiger partial charge in [0.2, 0.25) is 0 Å². The van der Waals surface area contributed by atoms with E-state index in [4.69, 9.17) is 4.74 Å². The van der Waals surface area contributed by atoms with Gasteiger partial charge < -0.3 is 9.30 Å². The van der Waals surface area contributed by atoms with Crippen molar-refractivity contribution in [1.29, 1.82) is 0 Å². The molecule has 2 aromatic carbocycles. The van der Waals surface area contributed by atoms with Gasteiger partial charge >= 0.3 is 5.97 Å². The zero-order valence-corrected chi connectivity index (χ0v) is 13.6. The number of ether oxygens (including phenoxy) is 1. The molecule has 4 aromatic rings. The second-order valence-corrected chi connectivity index (χ2v) is 5.82. The first kappa shape index (κ1) is 15.3. The molecule has 0 fully saturated rings. The van der Waals surface area contributed by atoms with Gasteiger partial charge in [0.25, 0.3) is 0 Å². The van der Waals surface area contributed by atoms with Crippen LogP contribution in [0.3, 0.4) is 0 Å². The van der Waals surface area contributed by atoms with Crippen molar-refractivity contribution < 1.29 is 13.9 Å². The van der Waals surface area contributed by atoms with E-state index in [0.29, 0.717) is 12.1 Å². The van der Waals surface area contributed by atoms with Gasteiger partial charge in [0.1, 0.15) is 5.82 Å². The number of hydrogen-bond donors (Lipinski definition) is 0. The Morgan fingerprint density at radius 3 is 2.84 bits per heavy atom.